The van der Waals surface area contributed by atoms with Crippen LogP contribution in [0.3, 0.4) is 0 Å². The second-order valence-electron chi connectivity index (χ2n) is 6.23. The summed E-state index contributed by atoms with van der Waals surface area (Å²) in [5.74, 6) is 0.865. The van der Waals surface area contributed by atoms with Crippen molar-refractivity contribution < 1.29 is 9.53 Å². The maximum atomic E-state index is 13.0. The smallest absolute Gasteiger partial charge is 0.254 e. The Morgan fingerprint density at radius 2 is 2.12 bits per heavy atom. The van der Waals surface area contributed by atoms with Crippen LogP contribution in [0.5, 0.6) is 5.75 Å². The third-order valence-electron chi connectivity index (χ3n) is 4.44. The van der Waals surface area contributed by atoms with E-state index < -0.39 is 0 Å². The zero-order chi connectivity index (χ0) is 17.5. The van der Waals surface area contributed by atoms with Gasteiger partial charge in [0.15, 0.2) is 0 Å². The van der Waals surface area contributed by atoms with Gasteiger partial charge >= 0.3 is 0 Å². The van der Waals surface area contributed by atoms with Crippen molar-refractivity contribution in [3.63, 3.8) is 0 Å². The minimum atomic E-state index is 0. The largest absolute Gasteiger partial charge is 0.494 e. The molecule has 6 heteroatoms. The monoisotopic (exact) mass is 375 g/mol. The van der Waals surface area contributed by atoms with Crippen LogP contribution in [-0.4, -0.2) is 42.0 Å². The first-order chi connectivity index (χ1) is 12.3. The summed E-state index contributed by atoms with van der Waals surface area (Å²) in [6.45, 7) is 5.09. The fourth-order valence-electron chi connectivity index (χ4n) is 3.01. The van der Waals surface area contributed by atoms with E-state index in [0.717, 1.165) is 37.2 Å². The highest BCUT2D eigenvalue weighted by molar-refractivity contribution is 5.94. The Balaban J connectivity index is 0.00000243. The minimum absolute atomic E-state index is 0. The zero-order valence-electron chi connectivity index (χ0n) is 15.1. The van der Waals surface area contributed by atoms with E-state index in [4.69, 9.17) is 4.74 Å². The molecule has 1 fully saturated rings. The molecule has 1 aliphatic heterocycles. The van der Waals surface area contributed by atoms with Crippen molar-refractivity contribution in [1.29, 1.82) is 0 Å². The normalized spacial score (nSPS) is 16.7. The van der Waals surface area contributed by atoms with Crippen LogP contribution in [0.4, 0.5) is 0 Å². The summed E-state index contributed by atoms with van der Waals surface area (Å²) in [5, 5.41) is 3.37. The van der Waals surface area contributed by atoms with Gasteiger partial charge in [-0.25, -0.2) is 0 Å². The molecule has 0 radical (unpaired) electrons. The van der Waals surface area contributed by atoms with Crippen molar-refractivity contribution in [2.45, 2.75) is 25.8 Å². The number of amides is 1. The number of hydrogen-bond donors (Lipinski definition) is 1. The number of benzene rings is 1. The molecule has 1 aromatic carbocycles. The zero-order valence-corrected chi connectivity index (χ0v) is 15.9. The third kappa shape index (κ3) is 4.96. The van der Waals surface area contributed by atoms with Gasteiger partial charge in [-0.3, -0.25) is 9.78 Å². The van der Waals surface area contributed by atoms with Gasteiger partial charge in [0.25, 0.3) is 5.91 Å². The van der Waals surface area contributed by atoms with E-state index in [9.17, 15) is 4.79 Å². The van der Waals surface area contributed by atoms with Crippen LogP contribution in [0.25, 0.3) is 0 Å². The number of carbonyl (C=O) groups excluding carboxylic acids is 1. The summed E-state index contributed by atoms with van der Waals surface area (Å²) in [6, 6.07) is 11.4. The lowest BCUT2D eigenvalue weighted by molar-refractivity contribution is 0.0634. The molecule has 26 heavy (non-hydrogen) atoms. The molecule has 1 unspecified atom stereocenters. The van der Waals surface area contributed by atoms with Crippen LogP contribution < -0.4 is 10.1 Å². The van der Waals surface area contributed by atoms with Gasteiger partial charge in [0.2, 0.25) is 0 Å². The highest BCUT2D eigenvalue weighted by Gasteiger charge is 2.28. The van der Waals surface area contributed by atoms with Crippen LogP contribution >= 0.6 is 12.4 Å². The Morgan fingerprint density at radius 1 is 1.31 bits per heavy atom. The van der Waals surface area contributed by atoms with Crippen molar-refractivity contribution in [3.8, 4) is 5.75 Å². The first-order valence-electron chi connectivity index (χ1n) is 8.94. The standard InChI is InChI=1S/C20H25N3O2.ClH/c1-2-3-13-25-18-8-6-16(7-9-18)20(24)23-12-11-22-15-19(23)17-5-4-10-21-14-17;/h4-10,14,19,22H,2-3,11-13,15H2,1H3;1H. The molecule has 1 aromatic heterocycles. The number of carbonyl (C=O) groups is 1. The van der Waals surface area contributed by atoms with Crippen molar-refractivity contribution in [3.05, 3.63) is 59.9 Å². The van der Waals surface area contributed by atoms with Crippen LogP contribution in [-0.2, 0) is 0 Å². The van der Waals surface area contributed by atoms with E-state index in [1.165, 1.54) is 0 Å². The molecule has 1 saturated heterocycles. The number of unbranched alkanes of at least 4 members (excludes halogenated alkanes) is 1. The average Bonchev–Trinajstić information content (AvgIpc) is 2.69. The van der Waals surface area contributed by atoms with Gasteiger partial charge in [0.05, 0.1) is 12.6 Å². The Hall–Kier alpha value is -2.11. The van der Waals surface area contributed by atoms with Gasteiger partial charge in [-0.15, -0.1) is 12.4 Å². The van der Waals surface area contributed by atoms with Crippen LogP contribution in [0.2, 0.25) is 0 Å². The molecular formula is C20H26ClN3O2. The van der Waals surface area contributed by atoms with E-state index in [0.29, 0.717) is 18.7 Å². The number of nitrogens with one attached hydrogen (secondary N) is 1. The molecule has 3 rings (SSSR count). The predicted octanol–water partition coefficient (Wildman–Crippen LogP) is 3.47. The van der Waals surface area contributed by atoms with E-state index >= 15 is 0 Å². The first kappa shape index (κ1) is 20.2. The molecule has 0 spiro atoms. The second kappa shape index (κ2) is 10.1. The lowest BCUT2D eigenvalue weighted by Gasteiger charge is -2.36. The van der Waals surface area contributed by atoms with Crippen LogP contribution in [0.15, 0.2) is 48.8 Å². The second-order valence-corrected chi connectivity index (χ2v) is 6.23. The Morgan fingerprint density at radius 3 is 2.81 bits per heavy atom. The third-order valence-corrected chi connectivity index (χ3v) is 4.44. The molecule has 5 nitrogen and oxygen atoms in total. The highest BCUT2D eigenvalue weighted by atomic mass is 35.5. The molecule has 2 heterocycles. The summed E-state index contributed by atoms with van der Waals surface area (Å²) in [6.07, 6.45) is 5.73. The van der Waals surface area contributed by atoms with Crippen molar-refractivity contribution in [1.82, 2.24) is 15.2 Å². The highest BCUT2D eigenvalue weighted by Crippen LogP contribution is 2.24. The van der Waals surface area contributed by atoms with Gasteiger partial charge < -0.3 is 15.0 Å². The predicted molar refractivity (Wildman–Crippen MR) is 105 cm³/mol. The van der Waals surface area contributed by atoms with Gasteiger partial charge in [-0.05, 0) is 42.3 Å². The molecule has 1 aliphatic rings. The fraction of sp³-hybridized carbons (Fsp3) is 0.400. The molecular weight excluding hydrogens is 350 g/mol. The molecule has 0 bridgehead atoms. The van der Waals surface area contributed by atoms with Gasteiger partial charge in [-0.1, -0.05) is 19.4 Å². The number of nitrogens with zero attached hydrogens (tertiary/aromatic N) is 2. The summed E-state index contributed by atoms with van der Waals surface area (Å²) in [5.41, 5.74) is 1.75. The summed E-state index contributed by atoms with van der Waals surface area (Å²) in [4.78, 5) is 19.1. The fourth-order valence-corrected chi connectivity index (χ4v) is 3.01. The molecule has 1 amide bonds. The van der Waals surface area contributed by atoms with E-state index in [2.05, 4.69) is 17.2 Å². The number of piperazine rings is 1. The Labute approximate surface area is 161 Å². The van der Waals surface area contributed by atoms with Gasteiger partial charge in [0.1, 0.15) is 5.75 Å². The van der Waals surface area contributed by atoms with Gasteiger partial charge in [0, 0.05) is 37.6 Å². The number of halogens is 1. The summed E-state index contributed by atoms with van der Waals surface area (Å²) < 4.78 is 5.67. The first-order valence-corrected chi connectivity index (χ1v) is 8.94. The number of hydrogen-bond acceptors (Lipinski definition) is 4. The molecule has 1 N–H and O–H groups in total. The van der Waals surface area contributed by atoms with E-state index in [1.54, 1.807) is 6.20 Å². The van der Waals surface area contributed by atoms with E-state index in [-0.39, 0.29) is 24.4 Å². The maximum absolute atomic E-state index is 13.0. The number of pyridine rings is 1. The van der Waals surface area contributed by atoms with Crippen LogP contribution in [0.1, 0.15) is 41.7 Å². The SMILES string of the molecule is CCCCOc1ccc(C(=O)N2CCNCC2c2cccnc2)cc1.Cl. The van der Waals surface area contributed by atoms with E-state index in [1.807, 2.05) is 47.5 Å². The molecule has 0 aliphatic carbocycles. The number of ether oxygens (including phenoxy) is 1. The Kier molecular flexibility index (Phi) is 7.88. The molecule has 2 aromatic rings. The summed E-state index contributed by atoms with van der Waals surface area (Å²) in [7, 11) is 0. The molecule has 140 valence electrons. The lowest BCUT2D eigenvalue weighted by Crippen LogP contribution is -2.48. The van der Waals surface area contributed by atoms with Gasteiger partial charge in [-0.2, -0.15) is 0 Å². The quantitative estimate of drug-likeness (QED) is 0.785. The maximum Gasteiger partial charge on any atom is 0.254 e. The Bertz CT molecular complexity index is 679. The van der Waals surface area contributed by atoms with Crippen LogP contribution in [0, 0.1) is 0 Å². The summed E-state index contributed by atoms with van der Waals surface area (Å²) >= 11 is 0. The number of aromatic nitrogens is 1. The van der Waals surface area contributed by atoms with Crippen molar-refractivity contribution in [2.24, 2.45) is 0 Å². The van der Waals surface area contributed by atoms with Crippen molar-refractivity contribution in [2.75, 3.05) is 26.2 Å². The van der Waals surface area contributed by atoms with Crippen molar-refractivity contribution >= 4 is 18.3 Å². The molecule has 0 saturated carbocycles. The molecule has 1 atom stereocenters. The number of rotatable bonds is 6. The minimum Gasteiger partial charge on any atom is -0.494 e. The lowest BCUT2D eigenvalue weighted by atomic mass is 10.0. The topological polar surface area (TPSA) is 54.5 Å². The average molecular weight is 376 g/mol.